The average Bonchev–Trinajstić information content (AvgIpc) is 3.50. The van der Waals surface area contributed by atoms with E-state index in [-0.39, 0.29) is 5.91 Å². The smallest absolute Gasteiger partial charge is 0.289 e. The first-order chi connectivity index (χ1) is 14.7. The van der Waals surface area contributed by atoms with Gasteiger partial charge >= 0.3 is 0 Å². The van der Waals surface area contributed by atoms with E-state index in [4.69, 9.17) is 9.15 Å². The van der Waals surface area contributed by atoms with Gasteiger partial charge in [-0.3, -0.25) is 4.79 Å². The van der Waals surface area contributed by atoms with E-state index in [0.29, 0.717) is 37.7 Å². The number of hydrogen-bond acceptors (Lipinski definition) is 7. The summed E-state index contributed by atoms with van der Waals surface area (Å²) in [5, 5.41) is 4.39. The number of hydrogen-bond donors (Lipinski definition) is 0. The number of rotatable bonds is 4. The van der Waals surface area contributed by atoms with E-state index in [0.717, 1.165) is 22.7 Å². The molecule has 0 radical (unpaired) electrons. The minimum Gasteiger partial charge on any atom is -0.497 e. The van der Waals surface area contributed by atoms with Gasteiger partial charge < -0.3 is 19.0 Å². The lowest BCUT2D eigenvalue weighted by molar-refractivity contribution is 0.0714. The van der Waals surface area contributed by atoms with Gasteiger partial charge in [0, 0.05) is 37.9 Å². The number of aromatic nitrogens is 4. The Morgan fingerprint density at radius 2 is 1.87 bits per heavy atom. The second kappa shape index (κ2) is 7.51. The molecule has 1 aromatic carbocycles. The Morgan fingerprint density at radius 1 is 1.07 bits per heavy atom. The van der Waals surface area contributed by atoms with Gasteiger partial charge in [0.25, 0.3) is 11.7 Å². The van der Waals surface area contributed by atoms with Crippen LogP contribution in [0.2, 0.25) is 0 Å². The number of methoxy groups -OCH3 is 1. The van der Waals surface area contributed by atoms with Crippen LogP contribution in [0.5, 0.6) is 5.75 Å². The third-order valence-corrected chi connectivity index (χ3v) is 5.28. The summed E-state index contributed by atoms with van der Waals surface area (Å²) in [6, 6.07) is 11.3. The highest BCUT2D eigenvalue weighted by atomic mass is 16.5. The molecule has 0 aliphatic carbocycles. The molecule has 0 spiro atoms. The molecule has 152 valence electrons. The lowest BCUT2D eigenvalue weighted by atomic mass is 10.1. The minimum absolute atomic E-state index is 0.0874. The van der Waals surface area contributed by atoms with Crippen molar-refractivity contribution < 1.29 is 13.9 Å². The SMILES string of the molecule is COc1ccc(-c2cnc3ncnn3c2N2CCN(C(=O)c3ccco3)CC2)cc1. The van der Waals surface area contributed by atoms with Crippen molar-refractivity contribution in [2.45, 2.75) is 0 Å². The third-order valence-electron chi connectivity index (χ3n) is 5.28. The monoisotopic (exact) mass is 404 g/mol. The molecule has 4 heterocycles. The highest BCUT2D eigenvalue weighted by molar-refractivity contribution is 5.91. The van der Waals surface area contributed by atoms with Gasteiger partial charge in [-0.15, -0.1) is 0 Å². The highest BCUT2D eigenvalue weighted by Gasteiger charge is 2.27. The van der Waals surface area contributed by atoms with E-state index in [1.165, 1.54) is 12.6 Å². The standard InChI is InChI=1S/C21H20N6O3/c1-29-16-6-4-15(5-7-16)17-13-22-21-23-14-24-27(21)19(17)25-8-10-26(11-9-25)20(28)18-3-2-12-30-18/h2-7,12-14H,8-11H2,1H3. The van der Waals surface area contributed by atoms with E-state index in [1.54, 1.807) is 23.8 Å². The molecule has 30 heavy (non-hydrogen) atoms. The van der Waals surface area contributed by atoms with Gasteiger partial charge in [0.1, 0.15) is 17.9 Å². The Morgan fingerprint density at radius 3 is 2.57 bits per heavy atom. The molecule has 9 nitrogen and oxygen atoms in total. The number of benzene rings is 1. The second-order valence-corrected chi connectivity index (χ2v) is 6.95. The van der Waals surface area contributed by atoms with Crippen LogP contribution in [0, 0.1) is 0 Å². The first-order valence-corrected chi connectivity index (χ1v) is 9.65. The summed E-state index contributed by atoms with van der Waals surface area (Å²) < 4.78 is 12.3. The number of anilines is 1. The number of furan rings is 1. The van der Waals surface area contributed by atoms with Gasteiger partial charge in [-0.05, 0) is 29.8 Å². The summed E-state index contributed by atoms with van der Waals surface area (Å²) in [5.41, 5.74) is 1.95. The summed E-state index contributed by atoms with van der Waals surface area (Å²) in [4.78, 5) is 25.3. The number of ether oxygens (including phenoxy) is 1. The Hall–Kier alpha value is -3.88. The van der Waals surface area contributed by atoms with Crippen molar-refractivity contribution in [3.05, 3.63) is 60.9 Å². The molecular formula is C21H20N6O3. The molecule has 0 saturated carbocycles. The van der Waals surface area contributed by atoms with Gasteiger partial charge in [0.2, 0.25) is 0 Å². The van der Waals surface area contributed by atoms with Gasteiger partial charge in [-0.25, -0.2) is 4.98 Å². The molecule has 5 rings (SSSR count). The van der Waals surface area contributed by atoms with Crippen LogP contribution in [0.15, 0.2) is 59.6 Å². The number of amides is 1. The number of fused-ring (bicyclic) bond motifs is 1. The summed E-state index contributed by atoms with van der Waals surface area (Å²) in [7, 11) is 1.65. The molecule has 4 aromatic rings. The first-order valence-electron chi connectivity index (χ1n) is 9.65. The van der Waals surface area contributed by atoms with Gasteiger partial charge in [-0.2, -0.15) is 14.6 Å². The zero-order valence-corrected chi connectivity index (χ0v) is 16.4. The number of carbonyl (C=O) groups is 1. The summed E-state index contributed by atoms with van der Waals surface area (Å²) in [6.07, 6.45) is 4.84. The number of piperazine rings is 1. The topological polar surface area (TPSA) is 89.0 Å². The van der Waals surface area contributed by atoms with Crippen LogP contribution >= 0.6 is 0 Å². The quantitative estimate of drug-likeness (QED) is 0.516. The second-order valence-electron chi connectivity index (χ2n) is 6.95. The third kappa shape index (κ3) is 3.14. The molecule has 1 saturated heterocycles. The highest BCUT2D eigenvalue weighted by Crippen LogP contribution is 2.32. The van der Waals surface area contributed by atoms with Crippen molar-refractivity contribution in [2.75, 3.05) is 38.2 Å². The number of carbonyl (C=O) groups excluding carboxylic acids is 1. The van der Waals surface area contributed by atoms with Crippen molar-refractivity contribution >= 4 is 17.5 Å². The van der Waals surface area contributed by atoms with Crippen LogP contribution in [-0.2, 0) is 0 Å². The predicted molar refractivity (Wildman–Crippen MR) is 110 cm³/mol. The number of nitrogens with zero attached hydrogens (tertiary/aromatic N) is 6. The molecule has 0 bridgehead atoms. The Bertz CT molecular complexity index is 1160. The molecule has 0 atom stereocenters. The largest absolute Gasteiger partial charge is 0.497 e. The zero-order valence-electron chi connectivity index (χ0n) is 16.4. The molecule has 9 heteroatoms. The van der Waals surface area contributed by atoms with E-state index in [1.807, 2.05) is 35.4 Å². The summed E-state index contributed by atoms with van der Waals surface area (Å²) in [5.74, 6) is 2.52. The lowest BCUT2D eigenvalue weighted by Crippen LogP contribution is -2.49. The lowest BCUT2D eigenvalue weighted by Gasteiger charge is -2.36. The van der Waals surface area contributed by atoms with Crippen LogP contribution in [0.3, 0.4) is 0 Å². The maximum atomic E-state index is 12.6. The Balaban J connectivity index is 1.46. The minimum atomic E-state index is -0.0874. The van der Waals surface area contributed by atoms with E-state index < -0.39 is 0 Å². The normalized spacial score (nSPS) is 14.3. The summed E-state index contributed by atoms with van der Waals surface area (Å²) in [6.45, 7) is 2.49. The fourth-order valence-electron chi connectivity index (χ4n) is 3.72. The fraction of sp³-hybridized carbons (Fsp3) is 0.238. The van der Waals surface area contributed by atoms with Crippen molar-refractivity contribution in [1.82, 2.24) is 24.5 Å². The maximum absolute atomic E-state index is 12.6. The van der Waals surface area contributed by atoms with Crippen LogP contribution in [-0.4, -0.2) is 63.7 Å². The van der Waals surface area contributed by atoms with E-state index >= 15 is 0 Å². The average molecular weight is 404 g/mol. The molecule has 0 N–H and O–H groups in total. The van der Waals surface area contributed by atoms with Gasteiger partial charge in [0.05, 0.1) is 13.4 Å². The van der Waals surface area contributed by atoms with Crippen molar-refractivity contribution in [2.24, 2.45) is 0 Å². The first kappa shape index (κ1) is 18.2. The predicted octanol–water partition coefficient (Wildman–Crippen LogP) is 2.36. The maximum Gasteiger partial charge on any atom is 0.289 e. The summed E-state index contributed by atoms with van der Waals surface area (Å²) >= 11 is 0. The molecular weight excluding hydrogens is 384 g/mol. The molecule has 1 aliphatic heterocycles. The molecule has 1 amide bonds. The molecule has 1 aliphatic rings. The van der Waals surface area contributed by atoms with Crippen LogP contribution in [0.1, 0.15) is 10.6 Å². The molecule has 0 unspecified atom stereocenters. The van der Waals surface area contributed by atoms with Crippen molar-refractivity contribution in [3.63, 3.8) is 0 Å². The van der Waals surface area contributed by atoms with Crippen LogP contribution in [0.25, 0.3) is 16.9 Å². The van der Waals surface area contributed by atoms with Crippen LogP contribution in [0.4, 0.5) is 5.82 Å². The van der Waals surface area contributed by atoms with E-state index in [9.17, 15) is 4.79 Å². The molecule has 1 fully saturated rings. The fourth-order valence-corrected chi connectivity index (χ4v) is 3.72. The van der Waals surface area contributed by atoms with Crippen molar-refractivity contribution in [3.8, 4) is 16.9 Å². The van der Waals surface area contributed by atoms with Crippen LogP contribution < -0.4 is 9.64 Å². The Kier molecular flexibility index (Phi) is 4.55. The molecule has 3 aromatic heterocycles. The van der Waals surface area contributed by atoms with Gasteiger partial charge in [0.15, 0.2) is 5.76 Å². The zero-order chi connectivity index (χ0) is 20.5. The van der Waals surface area contributed by atoms with E-state index in [2.05, 4.69) is 20.0 Å². The Labute approximate surface area is 172 Å². The van der Waals surface area contributed by atoms with Gasteiger partial charge in [-0.1, -0.05) is 12.1 Å². The van der Waals surface area contributed by atoms with Crippen molar-refractivity contribution in [1.29, 1.82) is 0 Å².